The maximum Gasteiger partial charge on any atom is 0.127 e. The predicted octanol–water partition coefficient (Wildman–Crippen LogP) is 1.31. The second-order valence-electron chi connectivity index (χ2n) is 4.76. The van der Waals surface area contributed by atoms with Crippen LogP contribution in [0, 0.1) is 12.3 Å². The summed E-state index contributed by atoms with van der Waals surface area (Å²) in [6.45, 7) is 3.75. The molecule has 5 nitrogen and oxygen atoms in total. The van der Waals surface area contributed by atoms with Crippen LogP contribution >= 0.6 is 0 Å². The lowest BCUT2D eigenvalue weighted by Gasteiger charge is -2.41. The number of nitrogens with zero attached hydrogens (tertiary/aromatic N) is 2. The molecule has 2 heterocycles. The number of amidine groups is 1. The molecular formula is C13H20N4O. The molecule has 0 radical (unpaired) electrons. The summed E-state index contributed by atoms with van der Waals surface area (Å²) in [6, 6.07) is 2.03. The third kappa shape index (κ3) is 2.18. The highest BCUT2D eigenvalue weighted by molar-refractivity contribution is 5.86. The molecule has 0 atom stereocenters. The van der Waals surface area contributed by atoms with E-state index in [1.807, 2.05) is 18.5 Å². The first-order chi connectivity index (χ1) is 8.59. The summed E-state index contributed by atoms with van der Waals surface area (Å²) in [6.07, 6.45) is 5.19. The van der Waals surface area contributed by atoms with Crippen LogP contribution in [0.25, 0.3) is 0 Å². The zero-order valence-electron chi connectivity index (χ0n) is 10.9. The number of piperidine rings is 1. The van der Waals surface area contributed by atoms with E-state index in [2.05, 4.69) is 16.8 Å². The number of ether oxygens (including phenoxy) is 1. The Morgan fingerprint density at radius 1 is 1.50 bits per heavy atom. The van der Waals surface area contributed by atoms with E-state index in [-0.39, 0.29) is 5.84 Å². The summed E-state index contributed by atoms with van der Waals surface area (Å²) < 4.78 is 5.47. The number of hydrogen-bond acceptors (Lipinski definition) is 4. The van der Waals surface area contributed by atoms with Crippen LogP contribution in [0.15, 0.2) is 18.5 Å². The van der Waals surface area contributed by atoms with Gasteiger partial charge in [0.1, 0.15) is 11.4 Å². The molecule has 0 saturated carbocycles. The minimum Gasteiger partial charge on any atom is -0.385 e. The number of anilines is 1. The lowest BCUT2D eigenvalue weighted by molar-refractivity contribution is 0.0280. The second-order valence-corrected chi connectivity index (χ2v) is 4.76. The van der Waals surface area contributed by atoms with Gasteiger partial charge in [0.05, 0.1) is 0 Å². The van der Waals surface area contributed by atoms with Crippen LogP contribution in [-0.2, 0) is 4.74 Å². The van der Waals surface area contributed by atoms with Gasteiger partial charge in [0, 0.05) is 51.1 Å². The molecule has 1 aromatic rings. The van der Waals surface area contributed by atoms with Crippen molar-refractivity contribution < 1.29 is 4.74 Å². The van der Waals surface area contributed by atoms with Gasteiger partial charge in [0.2, 0.25) is 0 Å². The maximum absolute atomic E-state index is 7.67. The Labute approximate surface area is 107 Å². The molecule has 0 aromatic carbocycles. The molecule has 1 aromatic heterocycles. The third-order valence-corrected chi connectivity index (χ3v) is 3.78. The van der Waals surface area contributed by atoms with Crippen molar-refractivity contribution in [2.45, 2.75) is 25.4 Å². The highest BCUT2D eigenvalue weighted by Gasteiger charge is 2.37. The average Bonchev–Trinajstić information content (AvgIpc) is 2.39. The lowest BCUT2D eigenvalue weighted by Crippen LogP contribution is -2.53. The fraction of sp³-hybridized carbons (Fsp3) is 0.538. The van der Waals surface area contributed by atoms with Gasteiger partial charge in [-0.2, -0.15) is 0 Å². The highest BCUT2D eigenvalue weighted by Crippen LogP contribution is 2.29. The van der Waals surface area contributed by atoms with Crippen molar-refractivity contribution in [2.75, 3.05) is 25.1 Å². The quantitative estimate of drug-likeness (QED) is 0.624. The first kappa shape index (κ1) is 12.8. The Hall–Kier alpha value is -1.62. The molecule has 0 spiro atoms. The normalized spacial score (nSPS) is 18.7. The second kappa shape index (κ2) is 4.94. The highest BCUT2D eigenvalue weighted by atomic mass is 16.5. The van der Waals surface area contributed by atoms with E-state index in [1.165, 1.54) is 11.3 Å². The number of pyridine rings is 1. The Morgan fingerprint density at radius 2 is 2.17 bits per heavy atom. The lowest BCUT2D eigenvalue weighted by atomic mass is 9.89. The Balaban J connectivity index is 2.11. The summed E-state index contributed by atoms with van der Waals surface area (Å²) in [5.41, 5.74) is 7.46. The van der Waals surface area contributed by atoms with Crippen LogP contribution in [0.3, 0.4) is 0 Å². The largest absolute Gasteiger partial charge is 0.385 e. The van der Waals surface area contributed by atoms with Crippen LogP contribution in [0.5, 0.6) is 0 Å². The smallest absolute Gasteiger partial charge is 0.127 e. The SMILES string of the molecule is COC1(C(=N)N)CCN(c2ccncc2C)CC1. The van der Waals surface area contributed by atoms with Crippen molar-refractivity contribution in [1.82, 2.24) is 4.98 Å². The number of aryl methyl sites for hydroxylation is 1. The van der Waals surface area contributed by atoms with Crippen molar-refractivity contribution in [2.24, 2.45) is 5.73 Å². The summed E-state index contributed by atoms with van der Waals surface area (Å²) in [5, 5.41) is 7.67. The molecule has 5 heteroatoms. The molecule has 3 N–H and O–H groups in total. The zero-order valence-corrected chi connectivity index (χ0v) is 10.9. The van der Waals surface area contributed by atoms with Gasteiger partial charge in [0.25, 0.3) is 0 Å². The number of hydrogen-bond donors (Lipinski definition) is 2. The molecule has 1 aliphatic rings. The first-order valence-electron chi connectivity index (χ1n) is 6.14. The molecule has 0 unspecified atom stereocenters. The minimum atomic E-state index is -0.572. The molecule has 1 saturated heterocycles. The molecule has 0 aliphatic carbocycles. The van der Waals surface area contributed by atoms with Gasteiger partial charge >= 0.3 is 0 Å². The van der Waals surface area contributed by atoms with Gasteiger partial charge in [-0.25, -0.2) is 0 Å². The van der Waals surface area contributed by atoms with Crippen LogP contribution in [0.2, 0.25) is 0 Å². The van der Waals surface area contributed by atoms with Gasteiger partial charge in [-0.1, -0.05) is 0 Å². The van der Waals surface area contributed by atoms with Crippen LogP contribution in [0.4, 0.5) is 5.69 Å². The van der Waals surface area contributed by atoms with Crippen molar-refractivity contribution in [3.8, 4) is 0 Å². The third-order valence-electron chi connectivity index (χ3n) is 3.78. The summed E-state index contributed by atoms with van der Waals surface area (Å²) in [5.74, 6) is 0.135. The molecular weight excluding hydrogens is 228 g/mol. The summed E-state index contributed by atoms with van der Waals surface area (Å²) in [4.78, 5) is 6.41. The van der Waals surface area contributed by atoms with Gasteiger partial charge in [-0.3, -0.25) is 10.4 Å². The molecule has 0 amide bonds. The van der Waals surface area contributed by atoms with E-state index in [0.717, 1.165) is 25.9 Å². The zero-order chi connectivity index (χ0) is 13.2. The number of aromatic nitrogens is 1. The van der Waals surface area contributed by atoms with E-state index >= 15 is 0 Å². The van der Waals surface area contributed by atoms with Crippen molar-refractivity contribution in [3.05, 3.63) is 24.0 Å². The van der Waals surface area contributed by atoms with Crippen LogP contribution in [-0.4, -0.2) is 36.6 Å². The standard InChI is InChI=1S/C13H20N4O/c1-10-9-16-6-3-11(10)17-7-4-13(18-2,5-8-17)12(14)15/h3,6,9H,4-5,7-8H2,1-2H3,(H3,14,15). The molecule has 1 aliphatic heterocycles. The fourth-order valence-corrected chi connectivity index (χ4v) is 2.51. The Bertz CT molecular complexity index is 438. The summed E-state index contributed by atoms with van der Waals surface area (Å²) in [7, 11) is 1.63. The number of methoxy groups -OCH3 is 1. The van der Waals surface area contributed by atoms with Crippen molar-refractivity contribution in [3.63, 3.8) is 0 Å². The molecule has 98 valence electrons. The molecule has 18 heavy (non-hydrogen) atoms. The van der Waals surface area contributed by atoms with Gasteiger partial charge in [-0.15, -0.1) is 0 Å². The number of nitrogens with two attached hydrogens (primary N) is 1. The fourth-order valence-electron chi connectivity index (χ4n) is 2.51. The van der Waals surface area contributed by atoms with E-state index < -0.39 is 5.60 Å². The van der Waals surface area contributed by atoms with E-state index in [4.69, 9.17) is 15.9 Å². The number of nitrogens with one attached hydrogen (secondary N) is 1. The molecule has 1 fully saturated rings. The van der Waals surface area contributed by atoms with Crippen LogP contribution in [0.1, 0.15) is 18.4 Å². The van der Waals surface area contributed by atoms with Gasteiger partial charge < -0.3 is 15.4 Å². The summed E-state index contributed by atoms with van der Waals surface area (Å²) >= 11 is 0. The first-order valence-corrected chi connectivity index (χ1v) is 6.14. The molecule has 2 rings (SSSR count). The monoisotopic (exact) mass is 248 g/mol. The maximum atomic E-state index is 7.67. The number of rotatable bonds is 3. The predicted molar refractivity (Wildman–Crippen MR) is 72.1 cm³/mol. The Morgan fingerprint density at radius 3 is 2.67 bits per heavy atom. The van der Waals surface area contributed by atoms with Gasteiger partial charge in [0.15, 0.2) is 0 Å². The van der Waals surface area contributed by atoms with Crippen molar-refractivity contribution in [1.29, 1.82) is 5.41 Å². The van der Waals surface area contributed by atoms with Gasteiger partial charge in [-0.05, 0) is 18.6 Å². The Kier molecular flexibility index (Phi) is 3.52. The molecule has 0 bridgehead atoms. The average molecular weight is 248 g/mol. The topological polar surface area (TPSA) is 75.2 Å². The van der Waals surface area contributed by atoms with Crippen LogP contribution < -0.4 is 10.6 Å². The van der Waals surface area contributed by atoms with E-state index in [1.54, 1.807) is 7.11 Å². The van der Waals surface area contributed by atoms with Crippen molar-refractivity contribution >= 4 is 11.5 Å². The van der Waals surface area contributed by atoms with E-state index in [9.17, 15) is 0 Å². The minimum absolute atomic E-state index is 0.135. The van der Waals surface area contributed by atoms with E-state index in [0.29, 0.717) is 0 Å².